The zero-order valence-corrected chi connectivity index (χ0v) is 17.1. The molecule has 0 spiro atoms. The minimum Gasteiger partial charge on any atom is -0.374 e. The molecule has 0 radical (unpaired) electrons. The molecule has 2 aliphatic heterocycles. The topological polar surface area (TPSA) is 35.6 Å². The molecule has 1 N–H and O–H groups in total. The van der Waals surface area contributed by atoms with Crippen LogP contribution in [-0.4, -0.2) is 37.5 Å². The Kier molecular flexibility index (Phi) is 5.50. The third kappa shape index (κ3) is 3.90. The van der Waals surface area contributed by atoms with Crippen molar-refractivity contribution in [2.45, 2.75) is 45.2 Å². The lowest BCUT2D eigenvalue weighted by molar-refractivity contribution is 0.0960. The Bertz CT molecular complexity index is 816. The van der Waals surface area contributed by atoms with Crippen LogP contribution in [0.2, 0.25) is 0 Å². The first kappa shape index (κ1) is 18.5. The van der Waals surface area contributed by atoms with Gasteiger partial charge in [0.25, 0.3) is 5.91 Å². The van der Waals surface area contributed by atoms with E-state index in [1.807, 2.05) is 13.0 Å². The summed E-state index contributed by atoms with van der Waals surface area (Å²) in [4.78, 5) is 19.2. The van der Waals surface area contributed by atoms with E-state index in [1.54, 1.807) is 11.3 Å². The van der Waals surface area contributed by atoms with Crippen molar-refractivity contribution in [3.8, 4) is 0 Å². The van der Waals surface area contributed by atoms with Crippen molar-refractivity contribution in [3.05, 3.63) is 51.2 Å². The minimum absolute atomic E-state index is 0.0529. The van der Waals surface area contributed by atoms with E-state index < -0.39 is 0 Å². The molecular formula is C22H29N3OS. The summed E-state index contributed by atoms with van der Waals surface area (Å²) in [5.74, 6) is 0.0529. The maximum atomic E-state index is 12.1. The molecule has 4 nitrogen and oxygen atoms in total. The Hall–Kier alpha value is -1.85. The summed E-state index contributed by atoms with van der Waals surface area (Å²) in [6.07, 6.45) is 4.85. The van der Waals surface area contributed by atoms with Gasteiger partial charge in [0.1, 0.15) is 0 Å². The summed E-state index contributed by atoms with van der Waals surface area (Å²) < 4.78 is 0. The predicted molar refractivity (Wildman–Crippen MR) is 113 cm³/mol. The average Bonchev–Trinajstić information content (AvgIpc) is 3.31. The van der Waals surface area contributed by atoms with Crippen LogP contribution in [0.4, 0.5) is 5.69 Å². The highest BCUT2D eigenvalue weighted by Crippen LogP contribution is 2.37. The summed E-state index contributed by atoms with van der Waals surface area (Å²) in [5.41, 5.74) is 4.30. The highest BCUT2D eigenvalue weighted by molar-refractivity contribution is 7.14. The SMILES string of the molecule is CCNC(=O)c1ccc([C@@H]2CCCN2Cc2ccc3c(c2)CCCN3C)s1. The second kappa shape index (κ2) is 8.03. The van der Waals surface area contributed by atoms with E-state index in [1.165, 1.54) is 47.4 Å². The Morgan fingerprint density at radius 2 is 2.11 bits per heavy atom. The molecule has 1 aromatic heterocycles. The maximum Gasteiger partial charge on any atom is 0.261 e. The minimum atomic E-state index is 0.0529. The van der Waals surface area contributed by atoms with Crippen molar-refractivity contribution in [1.29, 1.82) is 0 Å². The van der Waals surface area contributed by atoms with E-state index in [0.717, 1.165) is 24.5 Å². The largest absolute Gasteiger partial charge is 0.374 e. The monoisotopic (exact) mass is 383 g/mol. The molecule has 4 rings (SSSR count). The van der Waals surface area contributed by atoms with E-state index in [-0.39, 0.29) is 5.91 Å². The lowest BCUT2D eigenvalue weighted by Crippen LogP contribution is -2.25. The molecule has 1 saturated heterocycles. The summed E-state index contributed by atoms with van der Waals surface area (Å²) >= 11 is 1.66. The Labute approximate surface area is 166 Å². The molecule has 1 fully saturated rings. The van der Waals surface area contributed by atoms with Gasteiger partial charge >= 0.3 is 0 Å². The van der Waals surface area contributed by atoms with Gasteiger partial charge in [-0.05, 0) is 68.5 Å². The number of likely N-dealkylation sites (tertiary alicyclic amines) is 1. The maximum absolute atomic E-state index is 12.1. The smallest absolute Gasteiger partial charge is 0.261 e. The van der Waals surface area contributed by atoms with Crippen molar-refractivity contribution < 1.29 is 4.79 Å². The van der Waals surface area contributed by atoms with Crippen molar-refractivity contribution >= 4 is 22.9 Å². The average molecular weight is 384 g/mol. The zero-order valence-electron chi connectivity index (χ0n) is 16.3. The van der Waals surface area contributed by atoms with Crippen molar-refractivity contribution in [2.24, 2.45) is 0 Å². The fourth-order valence-electron chi connectivity index (χ4n) is 4.41. The first-order valence-electron chi connectivity index (χ1n) is 10.1. The second-order valence-corrected chi connectivity index (χ2v) is 8.79. The van der Waals surface area contributed by atoms with Gasteiger partial charge in [-0.3, -0.25) is 9.69 Å². The molecule has 0 unspecified atom stereocenters. The number of hydrogen-bond donors (Lipinski definition) is 1. The molecule has 1 aromatic carbocycles. The fraction of sp³-hybridized carbons (Fsp3) is 0.500. The Morgan fingerprint density at radius 3 is 2.96 bits per heavy atom. The summed E-state index contributed by atoms with van der Waals surface area (Å²) in [6, 6.07) is 11.6. The number of aryl methyl sites for hydroxylation is 1. The van der Waals surface area contributed by atoms with Gasteiger partial charge in [0.15, 0.2) is 0 Å². The Balaban J connectivity index is 1.48. The van der Waals surface area contributed by atoms with E-state index in [2.05, 4.69) is 46.4 Å². The normalized spacial score (nSPS) is 19.9. The van der Waals surface area contributed by atoms with E-state index in [9.17, 15) is 4.79 Å². The van der Waals surface area contributed by atoms with Gasteiger partial charge in [-0.25, -0.2) is 0 Å². The number of hydrogen-bond acceptors (Lipinski definition) is 4. The number of carbonyl (C=O) groups is 1. The van der Waals surface area contributed by atoms with Gasteiger partial charge in [0, 0.05) is 43.3 Å². The lowest BCUT2D eigenvalue weighted by Gasteiger charge is -2.29. The van der Waals surface area contributed by atoms with E-state index in [4.69, 9.17) is 0 Å². The first-order valence-corrected chi connectivity index (χ1v) is 10.9. The van der Waals surface area contributed by atoms with Gasteiger partial charge in [-0.2, -0.15) is 0 Å². The molecule has 144 valence electrons. The standard InChI is InChI=1S/C22H29N3OS/c1-3-23-22(26)21-11-10-20(27-21)19-7-5-13-25(19)15-16-8-9-18-17(14-16)6-4-12-24(18)2/h8-11,14,19H,3-7,12-13,15H2,1-2H3,(H,23,26)/t19-/m0/s1. The number of amides is 1. The zero-order chi connectivity index (χ0) is 18.8. The van der Waals surface area contributed by atoms with Gasteiger partial charge in [0.05, 0.1) is 4.88 Å². The quantitative estimate of drug-likeness (QED) is 0.840. The molecular weight excluding hydrogens is 354 g/mol. The van der Waals surface area contributed by atoms with Crippen LogP contribution in [-0.2, 0) is 13.0 Å². The van der Waals surface area contributed by atoms with Crippen molar-refractivity contribution in [1.82, 2.24) is 10.2 Å². The van der Waals surface area contributed by atoms with Crippen molar-refractivity contribution in [2.75, 3.05) is 31.6 Å². The predicted octanol–water partition coefficient (Wildman–Crippen LogP) is 4.22. The molecule has 3 heterocycles. The number of nitrogens with one attached hydrogen (secondary N) is 1. The number of benzene rings is 1. The number of rotatable bonds is 5. The van der Waals surface area contributed by atoms with Crippen LogP contribution >= 0.6 is 11.3 Å². The van der Waals surface area contributed by atoms with Crippen LogP contribution in [0, 0.1) is 0 Å². The molecule has 27 heavy (non-hydrogen) atoms. The first-order chi connectivity index (χ1) is 13.2. The summed E-state index contributed by atoms with van der Waals surface area (Å²) in [6.45, 7) is 5.93. The molecule has 1 atom stereocenters. The Morgan fingerprint density at radius 1 is 1.22 bits per heavy atom. The van der Waals surface area contributed by atoms with Crippen LogP contribution < -0.4 is 10.2 Å². The van der Waals surface area contributed by atoms with Gasteiger partial charge < -0.3 is 10.2 Å². The number of carbonyl (C=O) groups excluding carboxylic acids is 1. The van der Waals surface area contributed by atoms with Gasteiger partial charge in [-0.15, -0.1) is 11.3 Å². The number of thiophene rings is 1. The number of nitrogens with zero attached hydrogens (tertiary/aromatic N) is 2. The lowest BCUT2D eigenvalue weighted by atomic mass is 9.99. The van der Waals surface area contributed by atoms with Gasteiger partial charge in [0.2, 0.25) is 0 Å². The molecule has 0 saturated carbocycles. The molecule has 0 aliphatic carbocycles. The fourth-order valence-corrected chi connectivity index (χ4v) is 5.50. The van der Waals surface area contributed by atoms with Crippen molar-refractivity contribution in [3.63, 3.8) is 0 Å². The molecule has 2 aromatic rings. The van der Waals surface area contributed by atoms with Crippen LogP contribution in [0.25, 0.3) is 0 Å². The molecule has 1 amide bonds. The molecule has 0 bridgehead atoms. The highest BCUT2D eigenvalue weighted by Gasteiger charge is 2.28. The molecule has 5 heteroatoms. The van der Waals surface area contributed by atoms with E-state index >= 15 is 0 Å². The van der Waals surface area contributed by atoms with Crippen LogP contribution in [0.5, 0.6) is 0 Å². The third-order valence-corrected chi connectivity index (χ3v) is 6.95. The summed E-state index contributed by atoms with van der Waals surface area (Å²) in [5, 5.41) is 2.90. The highest BCUT2D eigenvalue weighted by atomic mass is 32.1. The van der Waals surface area contributed by atoms with Crippen LogP contribution in [0.3, 0.4) is 0 Å². The third-order valence-electron chi connectivity index (χ3n) is 5.76. The van der Waals surface area contributed by atoms with Crippen LogP contribution in [0.15, 0.2) is 30.3 Å². The number of anilines is 1. The second-order valence-electron chi connectivity index (χ2n) is 7.68. The molecule has 2 aliphatic rings. The van der Waals surface area contributed by atoms with Crippen LogP contribution in [0.1, 0.15) is 57.9 Å². The summed E-state index contributed by atoms with van der Waals surface area (Å²) in [7, 11) is 2.19. The van der Waals surface area contributed by atoms with Gasteiger partial charge in [-0.1, -0.05) is 12.1 Å². The van der Waals surface area contributed by atoms with E-state index in [0.29, 0.717) is 12.6 Å². The number of fused-ring (bicyclic) bond motifs is 1.